The molecule has 0 bridgehead atoms. The number of nitrogens with zero attached hydrogens (tertiary/aromatic N) is 4. The summed E-state index contributed by atoms with van der Waals surface area (Å²) in [4.78, 5) is 9.55. The Kier molecular flexibility index (Phi) is 6.00. The largest absolute Gasteiger partial charge is 0.368 e. The average Bonchev–Trinajstić information content (AvgIpc) is 2.97. The van der Waals surface area contributed by atoms with E-state index in [4.69, 9.17) is 9.97 Å². The molecule has 1 N–H and O–H groups in total. The lowest BCUT2D eigenvalue weighted by Gasteiger charge is -2.08. The minimum atomic E-state index is 0.714. The third-order valence-electron chi connectivity index (χ3n) is 4.30. The Morgan fingerprint density at radius 2 is 1.85 bits per heavy atom. The molecule has 5 heteroatoms. The first-order valence-electron chi connectivity index (χ1n) is 9.43. The Morgan fingerprint density at radius 1 is 1.04 bits per heavy atom. The second-order valence-electron chi connectivity index (χ2n) is 6.47. The molecule has 0 aliphatic rings. The summed E-state index contributed by atoms with van der Waals surface area (Å²) in [5, 5.41) is 8.16. The molecule has 0 atom stereocenters. The first kappa shape index (κ1) is 18.1. The van der Waals surface area contributed by atoms with Crippen molar-refractivity contribution in [2.24, 2.45) is 7.05 Å². The second kappa shape index (κ2) is 8.61. The highest BCUT2D eigenvalue weighted by Crippen LogP contribution is 2.24. The van der Waals surface area contributed by atoms with Crippen molar-refractivity contribution in [3.8, 4) is 0 Å². The van der Waals surface area contributed by atoms with E-state index in [-0.39, 0.29) is 0 Å². The Morgan fingerprint density at radius 3 is 2.58 bits per heavy atom. The van der Waals surface area contributed by atoms with Crippen molar-refractivity contribution in [2.75, 3.05) is 11.9 Å². The summed E-state index contributed by atoms with van der Waals surface area (Å²) in [6, 6.07) is 10.2. The number of rotatable bonds is 8. The Bertz CT molecular complexity index is 880. The van der Waals surface area contributed by atoms with E-state index in [9.17, 15) is 0 Å². The maximum absolute atomic E-state index is 4.80. The molecule has 2 aromatic heterocycles. The number of nitrogens with one attached hydrogen (secondary N) is 1. The van der Waals surface area contributed by atoms with Crippen LogP contribution in [0.2, 0.25) is 0 Å². The molecule has 5 nitrogen and oxygen atoms in total. The number of hydrogen-bond acceptors (Lipinski definition) is 4. The molecule has 0 radical (unpaired) electrons. The lowest BCUT2D eigenvalue weighted by Crippen LogP contribution is -2.07. The van der Waals surface area contributed by atoms with Gasteiger partial charge in [0, 0.05) is 13.6 Å². The predicted molar refractivity (Wildman–Crippen MR) is 109 cm³/mol. The van der Waals surface area contributed by atoms with Gasteiger partial charge >= 0.3 is 0 Å². The molecule has 0 saturated carbocycles. The van der Waals surface area contributed by atoms with Crippen LogP contribution in [0, 0.1) is 0 Å². The first-order chi connectivity index (χ1) is 12.7. The van der Waals surface area contributed by atoms with Gasteiger partial charge in [-0.15, -0.1) is 0 Å². The van der Waals surface area contributed by atoms with Gasteiger partial charge in [-0.3, -0.25) is 4.68 Å². The molecule has 136 valence electrons. The Hall–Kier alpha value is -2.69. The first-order valence-corrected chi connectivity index (χ1v) is 9.43. The summed E-state index contributed by atoms with van der Waals surface area (Å²) in [6.45, 7) is 5.26. The Labute approximate surface area is 155 Å². The van der Waals surface area contributed by atoms with E-state index in [2.05, 4.69) is 36.4 Å². The quantitative estimate of drug-likeness (QED) is 0.599. The van der Waals surface area contributed by atoms with E-state index in [1.165, 1.54) is 0 Å². The summed E-state index contributed by atoms with van der Waals surface area (Å²) in [7, 11) is 1.97. The molecule has 1 aromatic carbocycles. The van der Waals surface area contributed by atoms with Gasteiger partial charge < -0.3 is 5.32 Å². The van der Waals surface area contributed by atoms with E-state index in [0.717, 1.165) is 60.3 Å². The zero-order valence-electron chi connectivity index (χ0n) is 15.9. The highest BCUT2D eigenvalue weighted by molar-refractivity contribution is 5.88. The van der Waals surface area contributed by atoms with E-state index in [1.807, 2.05) is 42.1 Å². The maximum Gasteiger partial charge on any atom is 0.156 e. The van der Waals surface area contributed by atoms with Crippen molar-refractivity contribution in [1.29, 1.82) is 0 Å². The molecule has 3 rings (SSSR count). The molecular weight excluding hydrogens is 322 g/mol. The fourth-order valence-electron chi connectivity index (χ4n) is 2.98. The third-order valence-corrected chi connectivity index (χ3v) is 4.30. The van der Waals surface area contributed by atoms with E-state index in [0.29, 0.717) is 5.82 Å². The SMILES string of the molecule is CCCCNc1nc(/C=C/c2ccccc2)nc2c(CCC)nn(C)c12. The lowest BCUT2D eigenvalue weighted by atomic mass is 10.2. The zero-order valence-corrected chi connectivity index (χ0v) is 15.9. The molecule has 0 aliphatic carbocycles. The number of fused-ring (bicyclic) bond motifs is 1. The summed E-state index contributed by atoms with van der Waals surface area (Å²) in [5.41, 5.74) is 4.12. The van der Waals surface area contributed by atoms with Crippen LogP contribution in [0.3, 0.4) is 0 Å². The van der Waals surface area contributed by atoms with Crippen molar-refractivity contribution in [1.82, 2.24) is 19.7 Å². The van der Waals surface area contributed by atoms with Crippen LogP contribution in [-0.2, 0) is 13.5 Å². The molecule has 0 amide bonds. The van der Waals surface area contributed by atoms with Crippen molar-refractivity contribution in [3.63, 3.8) is 0 Å². The highest BCUT2D eigenvalue weighted by Gasteiger charge is 2.15. The van der Waals surface area contributed by atoms with Crippen molar-refractivity contribution >= 4 is 29.0 Å². The standard InChI is InChI=1S/C21H27N5/c1-4-6-15-22-21-20-19(17(10-5-2)25-26(20)3)23-18(24-21)14-13-16-11-8-7-9-12-16/h7-9,11-14H,4-6,10,15H2,1-3H3,(H,22,23,24)/b14-13+. The topological polar surface area (TPSA) is 55.6 Å². The van der Waals surface area contributed by atoms with Gasteiger partial charge in [-0.05, 0) is 24.5 Å². The number of aromatic nitrogens is 4. The monoisotopic (exact) mass is 349 g/mol. The van der Waals surface area contributed by atoms with Crippen molar-refractivity contribution in [3.05, 3.63) is 47.4 Å². The van der Waals surface area contributed by atoms with Gasteiger partial charge in [0.25, 0.3) is 0 Å². The summed E-state index contributed by atoms with van der Waals surface area (Å²) in [6.07, 6.45) is 8.25. The average molecular weight is 349 g/mol. The van der Waals surface area contributed by atoms with Crippen LogP contribution in [0.4, 0.5) is 5.82 Å². The number of benzene rings is 1. The van der Waals surface area contributed by atoms with Crippen LogP contribution in [-0.4, -0.2) is 26.3 Å². The minimum absolute atomic E-state index is 0.714. The second-order valence-corrected chi connectivity index (χ2v) is 6.47. The smallest absolute Gasteiger partial charge is 0.156 e. The van der Waals surface area contributed by atoms with Crippen LogP contribution >= 0.6 is 0 Å². The predicted octanol–water partition coefficient (Wildman–Crippen LogP) is 4.70. The summed E-state index contributed by atoms with van der Waals surface area (Å²) >= 11 is 0. The van der Waals surface area contributed by atoms with Crippen LogP contribution in [0.15, 0.2) is 30.3 Å². The fraction of sp³-hybridized carbons (Fsp3) is 0.381. The van der Waals surface area contributed by atoms with Gasteiger partial charge in [0.15, 0.2) is 11.6 Å². The zero-order chi connectivity index (χ0) is 18.4. The third kappa shape index (κ3) is 4.10. The van der Waals surface area contributed by atoms with Gasteiger partial charge in [-0.25, -0.2) is 9.97 Å². The van der Waals surface area contributed by atoms with Gasteiger partial charge in [0.1, 0.15) is 11.0 Å². The maximum atomic E-state index is 4.80. The highest BCUT2D eigenvalue weighted by atomic mass is 15.3. The Balaban J connectivity index is 2.02. The van der Waals surface area contributed by atoms with Crippen molar-refractivity contribution in [2.45, 2.75) is 39.5 Å². The van der Waals surface area contributed by atoms with E-state index in [1.54, 1.807) is 0 Å². The van der Waals surface area contributed by atoms with Crippen LogP contribution in [0.1, 0.15) is 50.2 Å². The normalized spacial score (nSPS) is 11.5. The van der Waals surface area contributed by atoms with Gasteiger partial charge in [0.2, 0.25) is 0 Å². The summed E-state index contributed by atoms with van der Waals surface area (Å²) in [5.74, 6) is 1.58. The lowest BCUT2D eigenvalue weighted by molar-refractivity contribution is 0.752. The molecule has 0 saturated heterocycles. The van der Waals surface area contributed by atoms with E-state index >= 15 is 0 Å². The van der Waals surface area contributed by atoms with Crippen LogP contribution < -0.4 is 5.32 Å². The number of anilines is 1. The molecule has 0 fully saturated rings. The molecule has 0 aliphatic heterocycles. The van der Waals surface area contributed by atoms with E-state index < -0.39 is 0 Å². The van der Waals surface area contributed by atoms with Crippen LogP contribution in [0.5, 0.6) is 0 Å². The minimum Gasteiger partial charge on any atom is -0.368 e. The number of hydrogen-bond donors (Lipinski definition) is 1. The molecule has 0 spiro atoms. The molecule has 3 aromatic rings. The molecule has 26 heavy (non-hydrogen) atoms. The molecule has 2 heterocycles. The fourth-order valence-corrected chi connectivity index (χ4v) is 2.98. The molecule has 0 unspecified atom stereocenters. The number of unbranched alkanes of at least 4 members (excludes halogenated alkanes) is 1. The van der Waals surface area contributed by atoms with Gasteiger partial charge in [0.05, 0.1) is 5.69 Å². The molecular formula is C21H27N5. The van der Waals surface area contributed by atoms with Crippen molar-refractivity contribution < 1.29 is 0 Å². The van der Waals surface area contributed by atoms with Gasteiger partial charge in [-0.2, -0.15) is 5.10 Å². The summed E-state index contributed by atoms with van der Waals surface area (Å²) < 4.78 is 1.90. The van der Waals surface area contributed by atoms with Gasteiger partial charge in [-0.1, -0.05) is 63.1 Å². The number of aryl methyl sites for hydroxylation is 2. The van der Waals surface area contributed by atoms with Crippen LogP contribution in [0.25, 0.3) is 23.2 Å².